The van der Waals surface area contributed by atoms with E-state index < -0.39 is 4.92 Å². The highest BCUT2D eigenvalue weighted by atomic mass is 35.5. The van der Waals surface area contributed by atoms with E-state index in [1.807, 2.05) is 25.1 Å². The van der Waals surface area contributed by atoms with Crippen molar-refractivity contribution >= 4 is 29.1 Å². The molecule has 0 amide bonds. The van der Waals surface area contributed by atoms with E-state index in [0.29, 0.717) is 10.2 Å². The van der Waals surface area contributed by atoms with Gasteiger partial charge in [-0.15, -0.1) is 5.10 Å². The van der Waals surface area contributed by atoms with Gasteiger partial charge >= 0.3 is 0 Å². The average molecular weight is 362 g/mol. The molecule has 0 fully saturated rings. The second-order valence-electron chi connectivity index (χ2n) is 4.96. The molecule has 0 radical (unpaired) electrons. The molecule has 9 heteroatoms. The van der Waals surface area contributed by atoms with Gasteiger partial charge in [-0.25, -0.2) is 0 Å². The van der Waals surface area contributed by atoms with Crippen molar-refractivity contribution in [1.29, 1.82) is 0 Å². The van der Waals surface area contributed by atoms with Crippen molar-refractivity contribution < 1.29 is 4.92 Å². The topological polar surface area (TPSA) is 86.7 Å². The number of nitro groups is 1. The maximum atomic E-state index is 10.9. The van der Waals surface area contributed by atoms with E-state index in [4.69, 9.17) is 11.6 Å². The van der Waals surface area contributed by atoms with E-state index in [-0.39, 0.29) is 10.9 Å². The van der Waals surface area contributed by atoms with Gasteiger partial charge in [-0.2, -0.15) is 4.68 Å². The van der Waals surface area contributed by atoms with Gasteiger partial charge in [-0.3, -0.25) is 10.1 Å². The number of non-ortho nitro benzene ring substituents is 1. The minimum absolute atomic E-state index is 0.0537. The molecule has 7 nitrogen and oxygen atoms in total. The van der Waals surface area contributed by atoms with E-state index in [1.165, 1.54) is 17.8 Å². The molecule has 0 bridgehead atoms. The van der Waals surface area contributed by atoms with Crippen molar-refractivity contribution in [2.75, 3.05) is 0 Å². The Morgan fingerprint density at radius 2 is 2.00 bits per heavy atom. The van der Waals surface area contributed by atoms with Crippen LogP contribution in [0.1, 0.15) is 17.7 Å². The van der Waals surface area contributed by atoms with Gasteiger partial charge in [0.2, 0.25) is 5.16 Å². The molecule has 24 heavy (non-hydrogen) atoms. The minimum atomic E-state index is -0.404. The van der Waals surface area contributed by atoms with Crippen LogP contribution in [0.4, 0.5) is 5.69 Å². The van der Waals surface area contributed by atoms with Crippen LogP contribution in [0.2, 0.25) is 5.02 Å². The molecule has 0 N–H and O–H groups in total. The van der Waals surface area contributed by atoms with Crippen LogP contribution in [0, 0.1) is 10.1 Å². The zero-order valence-corrected chi connectivity index (χ0v) is 14.1. The Hall–Kier alpha value is -2.45. The molecule has 0 aliphatic carbocycles. The molecule has 0 saturated carbocycles. The van der Waals surface area contributed by atoms with Gasteiger partial charge in [0, 0.05) is 22.4 Å². The number of hydrogen-bond acceptors (Lipinski definition) is 6. The van der Waals surface area contributed by atoms with Crippen molar-refractivity contribution in [2.24, 2.45) is 0 Å². The van der Waals surface area contributed by atoms with Crippen molar-refractivity contribution in [3.63, 3.8) is 0 Å². The number of nitro benzene ring substituents is 1. The Morgan fingerprint density at radius 3 is 2.71 bits per heavy atom. The predicted octanol–water partition coefficient (Wildman–Crippen LogP) is 4.08. The monoisotopic (exact) mass is 361 g/mol. The minimum Gasteiger partial charge on any atom is -0.258 e. The van der Waals surface area contributed by atoms with Crippen LogP contribution >= 0.6 is 23.4 Å². The summed E-state index contributed by atoms with van der Waals surface area (Å²) in [6.07, 6.45) is 0. The third kappa shape index (κ3) is 3.55. The largest absolute Gasteiger partial charge is 0.269 e. The van der Waals surface area contributed by atoms with Crippen LogP contribution in [0.15, 0.2) is 53.7 Å². The molecule has 122 valence electrons. The zero-order valence-electron chi connectivity index (χ0n) is 12.5. The lowest BCUT2D eigenvalue weighted by Crippen LogP contribution is -2.00. The first-order chi connectivity index (χ1) is 11.5. The fraction of sp³-hybridized carbons (Fsp3) is 0.133. The van der Waals surface area contributed by atoms with Crippen LogP contribution in [-0.2, 0) is 0 Å². The summed E-state index contributed by atoms with van der Waals surface area (Å²) >= 11 is 7.32. The number of aromatic nitrogens is 4. The quantitative estimate of drug-likeness (QED) is 0.386. The maximum Gasteiger partial charge on any atom is 0.269 e. The summed E-state index contributed by atoms with van der Waals surface area (Å²) in [5.74, 6) is 0. The molecule has 0 spiro atoms. The maximum absolute atomic E-state index is 10.9. The third-order valence-corrected chi connectivity index (χ3v) is 4.69. The first kappa shape index (κ1) is 16.4. The molecular formula is C15H12ClN5O2S. The van der Waals surface area contributed by atoms with Crippen molar-refractivity contribution in [1.82, 2.24) is 20.2 Å². The van der Waals surface area contributed by atoms with Gasteiger partial charge in [-0.1, -0.05) is 35.5 Å². The molecule has 3 rings (SSSR count). The zero-order chi connectivity index (χ0) is 17.1. The van der Waals surface area contributed by atoms with Gasteiger partial charge in [0.25, 0.3) is 5.69 Å². The number of nitrogens with zero attached hydrogens (tertiary/aromatic N) is 5. The van der Waals surface area contributed by atoms with E-state index in [1.54, 1.807) is 28.9 Å². The fourth-order valence-electron chi connectivity index (χ4n) is 2.11. The first-order valence-corrected chi connectivity index (χ1v) is 8.25. The first-order valence-electron chi connectivity index (χ1n) is 7.00. The number of hydrogen-bond donors (Lipinski definition) is 0. The molecule has 1 heterocycles. The molecule has 0 aliphatic rings. The molecular weight excluding hydrogens is 350 g/mol. The summed E-state index contributed by atoms with van der Waals surface area (Å²) in [6.45, 7) is 1.95. The highest BCUT2D eigenvalue weighted by molar-refractivity contribution is 7.99. The van der Waals surface area contributed by atoms with E-state index >= 15 is 0 Å². The third-order valence-electron chi connectivity index (χ3n) is 3.34. The van der Waals surface area contributed by atoms with E-state index in [2.05, 4.69) is 15.5 Å². The van der Waals surface area contributed by atoms with Crippen LogP contribution in [0.25, 0.3) is 5.69 Å². The van der Waals surface area contributed by atoms with Crippen LogP contribution in [0.3, 0.4) is 0 Å². The molecule has 3 aromatic rings. The molecule has 0 aliphatic heterocycles. The lowest BCUT2D eigenvalue weighted by atomic mass is 10.1. The Balaban J connectivity index is 1.84. The Labute approximate surface area is 146 Å². The Kier molecular flexibility index (Phi) is 4.77. The fourth-order valence-corrected chi connectivity index (χ4v) is 3.16. The number of benzene rings is 2. The molecule has 0 unspecified atom stereocenters. The van der Waals surface area contributed by atoms with Crippen molar-refractivity contribution in [3.8, 4) is 5.69 Å². The lowest BCUT2D eigenvalue weighted by Gasteiger charge is -2.11. The second-order valence-corrected chi connectivity index (χ2v) is 6.71. The summed E-state index contributed by atoms with van der Waals surface area (Å²) < 4.78 is 1.61. The number of tetrazole rings is 1. The summed E-state index contributed by atoms with van der Waals surface area (Å²) in [4.78, 5) is 10.5. The highest BCUT2D eigenvalue weighted by Gasteiger charge is 2.16. The van der Waals surface area contributed by atoms with Gasteiger partial charge in [-0.05, 0) is 47.2 Å². The van der Waals surface area contributed by atoms with Gasteiger partial charge in [0.1, 0.15) is 0 Å². The van der Waals surface area contributed by atoms with Crippen LogP contribution in [-0.4, -0.2) is 25.1 Å². The number of halogens is 1. The smallest absolute Gasteiger partial charge is 0.258 e. The molecule has 0 saturated heterocycles. The van der Waals surface area contributed by atoms with Gasteiger partial charge < -0.3 is 0 Å². The molecule has 1 aromatic heterocycles. The van der Waals surface area contributed by atoms with Gasteiger partial charge in [0.05, 0.1) is 10.6 Å². The summed E-state index contributed by atoms with van der Waals surface area (Å²) in [6, 6.07) is 13.7. The summed E-state index contributed by atoms with van der Waals surface area (Å²) in [7, 11) is 0. The van der Waals surface area contributed by atoms with Crippen LogP contribution in [0.5, 0.6) is 0 Å². The predicted molar refractivity (Wildman–Crippen MR) is 91.5 cm³/mol. The van der Waals surface area contributed by atoms with E-state index in [0.717, 1.165) is 11.3 Å². The average Bonchev–Trinajstić information content (AvgIpc) is 3.03. The van der Waals surface area contributed by atoms with Crippen LogP contribution < -0.4 is 0 Å². The number of thioether (sulfide) groups is 1. The normalized spacial score (nSPS) is 12.1. The summed E-state index contributed by atoms with van der Waals surface area (Å²) in [5, 5.41) is 23.8. The van der Waals surface area contributed by atoms with Crippen molar-refractivity contribution in [2.45, 2.75) is 17.3 Å². The van der Waals surface area contributed by atoms with Gasteiger partial charge in [0.15, 0.2) is 0 Å². The molecule has 1 atom stereocenters. The standard InChI is InChI=1S/C15H12ClN5O2S/c1-10(11-3-2-4-14(9-11)21(22)23)24-15-17-18-19-20(15)13-7-5-12(16)6-8-13/h2-10H,1H3/t10-/m1/s1. The Bertz CT molecular complexity index is 868. The Morgan fingerprint density at radius 1 is 1.25 bits per heavy atom. The second kappa shape index (κ2) is 6.98. The molecule has 2 aromatic carbocycles. The summed E-state index contributed by atoms with van der Waals surface area (Å²) in [5.41, 5.74) is 1.69. The van der Waals surface area contributed by atoms with E-state index in [9.17, 15) is 10.1 Å². The van der Waals surface area contributed by atoms with Crippen molar-refractivity contribution in [3.05, 3.63) is 69.2 Å². The SMILES string of the molecule is C[C@@H](Sc1nnnn1-c1ccc(Cl)cc1)c1cccc([N+](=O)[O-])c1. The highest BCUT2D eigenvalue weighted by Crippen LogP contribution is 2.35. The number of rotatable bonds is 5. The lowest BCUT2D eigenvalue weighted by molar-refractivity contribution is -0.384.